The number of ketones is 1. The fourth-order valence-corrected chi connectivity index (χ4v) is 1.94. The molecule has 82 valence electrons. The highest BCUT2D eigenvalue weighted by molar-refractivity contribution is 7.54. The number of aromatic nitrogens is 1. The van der Waals surface area contributed by atoms with Gasteiger partial charge >= 0.3 is 7.60 Å². The molecule has 1 aromatic heterocycles. The van der Waals surface area contributed by atoms with Crippen LogP contribution in [0.25, 0.3) is 0 Å². The van der Waals surface area contributed by atoms with Gasteiger partial charge in [0.25, 0.3) is 0 Å². The third-order valence-electron chi connectivity index (χ3n) is 1.88. The van der Waals surface area contributed by atoms with Crippen molar-refractivity contribution < 1.29 is 18.4 Å². The van der Waals surface area contributed by atoms with Crippen LogP contribution in [0.2, 0.25) is 0 Å². The molecule has 0 bridgehead atoms. The second-order valence-electron chi connectivity index (χ2n) is 2.80. The van der Waals surface area contributed by atoms with Crippen molar-refractivity contribution in [2.24, 2.45) is 0 Å². The average molecular weight is 229 g/mol. The topological polar surface area (TPSA) is 65.5 Å². The SMILES string of the molecule is COP(=O)(CC(=O)c1cccnc1)OC. The zero-order chi connectivity index (χ0) is 11.3. The van der Waals surface area contributed by atoms with Crippen LogP contribution < -0.4 is 0 Å². The summed E-state index contributed by atoms with van der Waals surface area (Å²) in [6.45, 7) is 0. The Morgan fingerprint density at radius 2 is 2.13 bits per heavy atom. The zero-order valence-corrected chi connectivity index (χ0v) is 9.44. The van der Waals surface area contributed by atoms with Gasteiger partial charge in [0.1, 0.15) is 6.16 Å². The van der Waals surface area contributed by atoms with Crippen LogP contribution in [0.4, 0.5) is 0 Å². The number of hydrogen-bond donors (Lipinski definition) is 0. The maximum absolute atomic E-state index is 11.6. The average Bonchev–Trinajstić information content (AvgIpc) is 2.30. The van der Waals surface area contributed by atoms with E-state index in [1.54, 1.807) is 18.3 Å². The molecule has 0 unspecified atom stereocenters. The highest BCUT2D eigenvalue weighted by Crippen LogP contribution is 2.46. The van der Waals surface area contributed by atoms with Crippen LogP contribution >= 0.6 is 7.60 Å². The van der Waals surface area contributed by atoms with Gasteiger partial charge in [-0.25, -0.2) is 0 Å². The molecule has 0 atom stereocenters. The molecule has 6 heteroatoms. The monoisotopic (exact) mass is 229 g/mol. The molecule has 0 aliphatic carbocycles. The van der Waals surface area contributed by atoms with Gasteiger partial charge in [-0.05, 0) is 12.1 Å². The van der Waals surface area contributed by atoms with Crippen molar-refractivity contribution >= 4 is 13.4 Å². The normalized spacial score (nSPS) is 11.3. The Morgan fingerprint density at radius 1 is 1.47 bits per heavy atom. The highest BCUT2D eigenvalue weighted by atomic mass is 31.2. The Bertz CT molecular complexity index is 371. The molecule has 1 heterocycles. The summed E-state index contributed by atoms with van der Waals surface area (Å²) in [4.78, 5) is 15.4. The largest absolute Gasteiger partial charge is 0.337 e. The molecule has 0 radical (unpaired) electrons. The lowest BCUT2D eigenvalue weighted by Gasteiger charge is -2.12. The predicted octanol–water partition coefficient (Wildman–Crippen LogP) is 1.75. The van der Waals surface area contributed by atoms with Crippen molar-refractivity contribution in [1.29, 1.82) is 0 Å². The summed E-state index contributed by atoms with van der Waals surface area (Å²) in [5.74, 6) is -0.310. The van der Waals surface area contributed by atoms with Crippen LogP contribution in [-0.2, 0) is 13.6 Å². The summed E-state index contributed by atoms with van der Waals surface area (Å²) in [5, 5.41) is 0. The fraction of sp³-hybridized carbons (Fsp3) is 0.333. The fourth-order valence-electron chi connectivity index (χ4n) is 0.999. The summed E-state index contributed by atoms with van der Waals surface area (Å²) >= 11 is 0. The molecule has 0 aliphatic heterocycles. The molecule has 1 aromatic rings. The number of pyridine rings is 1. The lowest BCUT2D eigenvalue weighted by Crippen LogP contribution is -2.08. The van der Waals surface area contributed by atoms with Crippen molar-refractivity contribution in [3.63, 3.8) is 0 Å². The summed E-state index contributed by atoms with van der Waals surface area (Å²) in [5.41, 5.74) is 0.395. The van der Waals surface area contributed by atoms with E-state index in [1.807, 2.05) is 0 Å². The Balaban J connectivity index is 2.76. The van der Waals surface area contributed by atoms with Crippen molar-refractivity contribution in [3.8, 4) is 0 Å². The van der Waals surface area contributed by atoms with Crippen LogP contribution in [0.15, 0.2) is 24.5 Å². The molecule has 1 rings (SSSR count). The number of nitrogens with zero attached hydrogens (tertiary/aromatic N) is 1. The smallest absolute Gasteiger partial charge is 0.312 e. The first-order valence-corrected chi connectivity index (χ1v) is 5.98. The van der Waals surface area contributed by atoms with Gasteiger partial charge in [-0.3, -0.25) is 14.3 Å². The van der Waals surface area contributed by atoms with E-state index in [4.69, 9.17) is 0 Å². The lowest BCUT2D eigenvalue weighted by atomic mass is 10.2. The van der Waals surface area contributed by atoms with Crippen molar-refractivity contribution in [1.82, 2.24) is 4.98 Å². The van der Waals surface area contributed by atoms with E-state index in [9.17, 15) is 9.36 Å². The van der Waals surface area contributed by atoms with Gasteiger partial charge in [-0.15, -0.1) is 0 Å². The molecular weight excluding hydrogens is 217 g/mol. The molecule has 0 saturated carbocycles. The van der Waals surface area contributed by atoms with Crippen LogP contribution in [0.3, 0.4) is 0 Å². The quantitative estimate of drug-likeness (QED) is 0.568. The van der Waals surface area contributed by atoms with Gasteiger partial charge in [0.05, 0.1) is 0 Å². The molecule has 5 nitrogen and oxygen atoms in total. The Hall–Kier alpha value is -1.03. The van der Waals surface area contributed by atoms with Crippen LogP contribution in [0, 0.1) is 0 Å². The number of carbonyl (C=O) groups excluding carboxylic acids is 1. The van der Waals surface area contributed by atoms with Gasteiger partial charge in [-0.1, -0.05) is 0 Å². The third-order valence-corrected chi connectivity index (χ3v) is 3.66. The van der Waals surface area contributed by atoms with Gasteiger partial charge in [-0.2, -0.15) is 0 Å². The first kappa shape index (κ1) is 12.0. The number of hydrogen-bond acceptors (Lipinski definition) is 5. The molecule has 0 aromatic carbocycles. The number of Topliss-reactive ketones (excluding diaryl/α,β-unsaturated/α-hetero) is 1. The molecule has 0 fully saturated rings. The van der Waals surface area contributed by atoms with Gasteiger partial charge in [0.2, 0.25) is 0 Å². The molecule has 0 saturated heterocycles. The first-order chi connectivity index (χ1) is 7.11. The van der Waals surface area contributed by atoms with E-state index in [2.05, 4.69) is 14.0 Å². The minimum atomic E-state index is -3.28. The van der Waals surface area contributed by atoms with Crippen molar-refractivity contribution in [3.05, 3.63) is 30.1 Å². The number of rotatable bonds is 5. The molecule has 0 amide bonds. The Labute approximate surface area is 88.0 Å². The van der Waals surface area contributed by atoms with E-state index in [1.165, 1.54) is 20.4 Å². The van der Waals surface area contributed by atoms with Crippen LogP contribution in [0.5, 0.6) is 0 Å². The third kappa shape index (κ3) is 3.23. The van der Waals surface area contributed by atoms with E-state index in [0.29, 0.717) is 5.56 Å². The van der Waals surface area contributed by atoms with E-state index >= 15 is 0 Å². The van der Waals surface area contributed by atoms with E-state index in [0.717, 1.165) is 0 Å². The maximum Gasteiger partial charge on any atom is 0.337 e. The van der Waals surface area contributed by atoms with Gasteiger partial charge < -0.3 is 9.05 Å². The second-order valence-corrected chi connectivity index (χ2v) is 5.07. The lowest BCUT2D eigenvalue weighted by molar-refractivity contribution is 0.101. The van der Waals surface area contributed by atoms with E-state index < -0.39 is 7.60 Å². The zero-order valence-electron chi connectivity index (χ0n) is 8.54. The minimum absolute atomic E-state index is 0.272. The van der Waals surface area contributed by atoms with Crippen molar-refractivity contribution in [2.45, 2.75) is 0 Å². The summed E-state index contributed by atoms with van der Waals surface area (Å²) in [6.07, 6.45) is 2.70. The molecule has 0 spiro atoms. The van der Waals surface area contributed by atoms with Gasteiger partial charge in [0.15, 0.2) is 5.78 Å². The summed E-state index contributed by atoms with van der Waals surface area (Å²) in [6, 6.07) is 3.24. The molecule has 0 aliphatic rings. The summed E-state index contributed by atoms with van der Waals surface area (Å²) < 4.78 is 21.0. The molecular formula is C9H12NO4P. The second kappa shape index (κ2) is 5.16. The van der Waals surface area contributed by atoms with Crippen molar-refractivity contribution in [2.75, 3.05) is 20.4 Å². The highest BCUT2D eigenvalue weighted by Gasteiger charge is 2.26. The minimum Gasteiger partial charge on any atom is -0.312 e. The van der Waals surface area contributed by atoms with Crippen LogP contribution in [-0.4, -0.2) is 31.1 Å². The molecule has 15 heavy (non-hydrogen) atoms. The van der Waals surface area contributed by atoms with E-state index in [-0.39, 0.29) is 11.9 Å². The van der Waals surface area contributed by atoms with Gasteiger partial charge in [0, 0.05) is 32.2 Å². The Kier molecular flexibility index (Phi) is 4.15. The standard InChI is InChI=1S/C9H12NO4P/c1-13-15(12,14-2)7-9(11)8-4-3-5-10-6-8/h3-6H,7H2,1-2H3. The number of carbonyl (C=O) groups is 1. The summed E-state index contributed by atoms with van der Waals surface area (Å²) in [7, 11) is -0.778. The van der Waals surface area contributed by atoms with Crippen LogP contribution in [0.1, 0.15) is 10.4 Å². The first-order valence-electron chi connectivity index (χ1n) is 4.25. The Morgan fingerprint density at radius 3 is 2.60 bits per heavy atom. The maximum atomic E-state index is 11.6. The molecule has 0 N–H and O–H groups in total. The predicted molar refractivity (Wildman–Crippen MR) is 55.1 cm³/mol.